The van der Waals surface area contributed by atoms with Crippen LogP contribution < -0.4 is 0 Å². The molecule has 2 unspecified atom stereocenters. The molecule has 0 radical (unpaired) electrons. The fourth-order valence-electron chi connectivity index (χ4n) is 10.8. The van der Waals surface area contributed by atoms with E-state index in [2.05, 4.69) is 172 Å². The third kappa shape index (κ3) is 78.1. The number of aliphatic carboxylic acids is 1. The van der Waals surface area contributed by atoms with E-state index in [-0.39, 0.29) is 32.2 Å². The number of unbranched alkanes of at least 4 members (excludes halogenated alkanes) is 31. The first-order chi connectivity index (χ1) is 47.6. The van der Waals surface area contributed by atoms with E-state index >= 15 is 0 Å². The minimum atomic E-state index is -1.52. The molecule has 97 heavy (non-hydrogen) atoms. The summed E-state index contributed by atoms with van der Waals surface area (Å²) in [6.45, 7) is 4.67. The molecule has 0 aliphatic heterocycles. The maximum absolute atomic E-state index is 13.0. The van der Waals surface area contributed by atoms with Gasteiger partial charge in [0, 0.05) is 12.8 Å². The van der Waals surface area contributed by atoms with Crippen molar-refractivity contribution in [2.75, 3.05) is 47.5 Å². The summed E-state index contributed by atoms with van der Waals surface area (Å²) in [6.07, 6.45) is 111. The number of carbonyl (C=O) groups is 3. The largest absolute Gasteiger partial charge is 0.477 e. The van der Waals surface area contributed by atoms with Crippen LogP contribution in [0.15, 0.2) is 158 Å². The highest BCUT2D eigenvalue weighted by Crippen LogP contribution is 2.18. The summed E-state index contributed by atoms with van der Waals surface area (Å²) in [4.78, 5) is 37.8. The van der Waals surface area contributed by atoms with Crippen molar-refractivity contribution in [3.8, 4) is 0 Å². The highest BCUT2D eigenvalue weighted by molar-refractivity contribution is 5.71. The molecule has 2 atom stereocenters. The smallest absolute Gasteiger partial charge is 0.361 e. The molecule has 0 aromatic rings. The van der Waals surface area contributed by atoms with Crippen molar-refractivity contribution in [3.63, 3.8) is 0 Å². The van der Waals surface area contributed by atoms with Crippen molar-refractivity contribution >= 4 is 17.9 Å². The Kier molecular flexibility index (Phi) is 72.6. The van der Waals surface area contributed by atoms with Gasteiger partial charge in [-0.05, 0) is 122 Å². The molecule has 9 heteroatoms. The Balaban J connectivity index is 4.06. The monoisotopic (exact) mass is 1350 g/mol. The average molecular weight is 1350 g/mol. The standard InChI is InChI=1S/C88H147NO8/c1-6-8-10-12-14-16-18-20-22-24-26-28-30-32-34-36-38-40-41-42-43-44-45-47-49-51-53-55-57-59-61-63-65-67-69-71-73-75-77-79-86(91)97-84(83-96-88(87(92)93)94-81-80-89(3,4)5)82-95-85(90)78-76-74-72-70-68-66-64-62-60-58-56-54-52-50-48-46-39-37-35-33-31-29-27-25-23-21-19-17-15-13-11-9-7-2/h8-11,14-17,20-23,26-29,32-35,38-40,42-43,46,84,88H,6-7,12-13,18-19,24-25,30-31,36-37,41,44-45,47-83H2,1-5H3/p+1/b10-8-,11-9-,16-14-,17-15-,22-20-,23-21-,28-26-,29-27-,34-32-,35-33-,40-38-,43-42-,46-39-. The number of esters is 2. The zero-order valence-electron chi connectivity index (χ0n) is 63.2. The molecule has 0 saturated carbocycles. The summed E-state index contributed by atoms with van der Waals surface area (Å²) >= 11 is 0. The van der Waals surface area contributed by atoms with Gasteiger partial charge in [-0.1, -0.05) is 345 Å². The van der Waals surface area contributed by atoms with Crippen LogP contribution in [0, 0.1) is 0 Å². The number of hydrogen-bond donors (Lipinski definition) is 1. The van der Waals surface area contributed by atoms with Gasteiger partial charge in [0.25, 0.3) is 6.29 Å². The zero-order chi connectivity index (χ0) is 70.4. The third-order valence-electron chi connectivity index (χ3n) is 16.8. The lowest BCUT2D eigenvalue weighted by atomic mass is 10.0. The molecule has 9 nitrogen and oxygen atoms in total. The average Bonchev–Trinajstić information content (AvgIpc) is 2.39. The quantitative estimate of drug-likeness (QED) is 0.0211. The maximum atomic E-state index is 13.0. The van der Waals surface area contributed by atoms with Gasteiger partial charge in [-0.15, -0.1) is 0 Å². The van der Waals surface area contributed by atoms with E-state index in [0.717, 1.165) is 122 Å². The van der Waals surface area contributed by atoms with Gasteiger partial charge in [0.15, 0.2) is 6.10 Å². The molecule has 0 bridgehead atoms. The molecule has 0 rings (SSSR count). The Morgan fingerprint density at radius 3 is 0.825 bits per heavy atom. The van der Waals surface area contributed by atoms with Crippen LogP contribution in [0.2, 0.25) is 0 Å². The van der Waals surface area contributed by atoms with E-state index in [4.69, 9.17) is 18.9 Å². The van der Waals surface area contributed by atoms with E-state index in [1.165, 1.54) is 173 Å². The summed E-state index contributed by atoms with van der Waals surface area (Å²) in [5, 5.41) is 9.78. The maximum Gasteiger partial charge on any atom is 0.361 e. The number of ether oxygens (including phenoxy) is 4. The normalized spacial score (nSPS) is 13.5. The molecule has 0 saturated heterocycles. The molecule has 1 N–H and O–H groups in total. The Morgan fingerprint density at radius 2 is 0.557 bits per heavy atom. The van der Waals surface area contributed by atoms with Gasteiger partial charge in [0.05, 0.1) is 34.4 Å². The molecule has 0 aromatic heterocycles. The van der Waals surface area contributed by atoms with Crippen LogP contribution in [0.5, 0.6) is 0 Å². The fraction of sp³-hybridized carbons (Fsp3) is 0.670. The van der Waals surface area contributed by atoms with Gasteiger partial charge in [-0.25, -0.2) is 4.79 Å². The molecule has 0 fully saturated rings. The predicted molar refractivity (Wildman–Crippen MR) is 419 cm³/mol. The summed E-state index contributed by atoms with van der Waals surface area (Å²) in [7, 11) is 5.98. The van der Waals surface area contributed by atoms with Crippen LogP contribution >= 0.6 is 0 Å². The van der Waals surface area contributed by atoms with Gasteiger partial charge in [0.1, 0.15) is 13.2 Å². The summed E-state index contributed by atoms with van der Waals surface area (Å²) < 4.78 is 23.0. The number of rotatable bonds is 72. The van der Waals surface area contributed by atoms with Crippen molar-refractivity contribution in [1.29, 1.82) is 0 Å². The van der Waals surface area contributed by atoms with E-state index < -0.39 is 24.3 Å². The highest BCUT2D eigenvalue weighted by Gasteiger charge is 2.25. The second-order valence-electron chi connectivity index (χ2n) is 27.3. The number of carboxylic acid groups (broad SMARTS) is 1. The first-order valence-corrected chi connectivity index (χ1v) is 39.6. The number of carboxylic acids is 1. The van der Waals surface area contributed by atoms with Gasteiger partial charge in [-0.2, -0.15) is 0 Å². The van der Waals surface area contributed by atoms with Crippen LogP contribution in [0.4, 0.5) is 0 Å². The molecular formula is C88H148NO8+. The number of likely N-dealkylation sites (N-methyl/N-ethyl adjacent to an activating group) is 1. The second-order valence-corrected chi connectivity index (χ2v) is 27.3. The predicted octanol–water partition coefficient (Wildman–Crippen LogP) is 25.6. The van der Waals surface area contributed by atoms with Crippen molar-refractivity contribution < 1.29 is 42.9 Å². The Bertz CT molecular complexity index is 2160. The molecule has 0 amide bonds. The molecule has 0 aromatic carbocycles. The number of nitrogens with zero attached hydrogens (tertiary/aromatic N) is 1. The molecule has 0 heterocycles. The first-order valence-electron chi connectivity index (χ1n) is 39.6. The van der Waals surface area contributed by atoms with Gasteiger partial charge >= 0.3 is 17.9 Å². The van der Waals surface area contributed by atoms with E-state index in [0.29, 0.717) is 17.4 Å². The van der Waals surface area contributed by atoms with Crippen LogP contribution in [0.1, 0.15) is 322 Å². The van der Waals surface area contributed by atoms with Crippen molar-refractivity contribution in [2.45, 2.75) is 334 Å². The zero-order valence-corrected chi connectivity index (χ0v) is 63.2. The topological polar surface area (TPSA) is 108 Å². The van der Waals surface area contributed by atoms with E-state index in [1.807, 2.05) is 21.1 Å². The van der Waals surface area contributed by atoms with Crippen molar-refractivity contribution in [3.05, 3.63) is 158 Å². The minimum absolute atomic E-state index is 0.183. The molecule has 0 aliphatic rings. The molecule has 0 spiro atoms. The van der Waals surface area contributed by atoms with Gasteiger partial charge < -0.3 is 28.5 Å². The Hall–Kier alpha value is -5.09. The summed E-state index contributed by atoms with van der Waals surface area (Å²) in [5.41, 5.74) is 0. The van der Waals surface area contributed by atoms with Crippen molar-refractivity contribution in [1.82, 2.24) is 0 Å². The Morgan fingerprint density at radius 1 is 0.309 bits per heavy atom. The van der Waals surface area contributed by atoms with Gasteiger partial charge in [-0.3, -0.25) is 9.59 Å². The van der Waals surface area contributed by atoms with Crippen molar-refractivity contribution in [2.24, 2.45) is 0 Å². The van der Waals surface area contributed by atoms with Crippen LogP contribution in [0.25, 0.3) is 0 Å². The van der Waals surface area contributed by atoms with Crippen LogP contribution in [-0.4, -0.2) is 87.4 Å². The molecule has 552 valence electrons. The van der Waals surface area contributed by atoms with Gasteiger partial charge in [0.2, 0.25) is 0 Å². The molecular weight excluding hydrogens is 1200 g/mol. The number of hydrogen-bond acceptors (Lipinski definition) is 7. The first kappa shape index (κ1) is 91.9. The third-order valence-corrected chi connectivity index (χ3v) is 16.8. The van der Waals surface area contributed by atoms with E-state index in [9.17, 15) is 19.5 Å². The fourth-order valence-corrected chi connectivity index (χ4v) is 10.8. The number of quaternary nitrogens is 1. The SMILES string of the molecule is CC/C=C\C/C=C\C/C=C\C/C=C\C/C=C\C/C=C\C/C=C\CCCCCCCCCCCCCCCCCCCC(=O)OC(COC(=O)CCCCCCCCCCCCCCCC/C=C\C/C=C\C/C=C\C/C=C\C/C=C\C/C=C\CC)COC(OCC[N+](C)(C)C)C(=O)O. The second kappa shape index (κ2) is 76.7. The van der Waals surface area contributed by atoms with Crippen LogP contribution in [0.3, 0.4) is 0 Å². The number of allylic oxidation sites excluding steroid dienone is 26. The lowest BCUT2D eigenvalue weighted by molar-refractivity contribution is -0.870. The lowest BCUT2D eigenvalue weighted by Crippen LogP contribution is -2.40. The van der Waals surface area contributed by atoms with Crippen LogP contribution in [-0.2, 0) is 33.3 Å². The highest BCUT2D eigenvalue weighted by atomic mass is 16.7. The Labute approximate surface area is 597 Å². The summed E-state index contributed by atoms with van der Waals surface area (Å²) in [5.74, 6) is -2.00. The van der Waals surface area contributed by atoms with E-state index in [1.54, 1.807) is 0 Å². The lowest BCUT2D eigenvalue weighted by Gasteiger charge is -2.25. The number of carbonyl (C=O) groups excluding carboxylic acids is 2. The summed E-state index contributed by atoms with van der Waals surface area (Å²) in [6, 6.07) is 0. The molecule has 0 aliphatic carbocycles. The minimum Gasteiger partial charge on any atom is -0.477 e.